The summed E-state index contributed by atoms with van der Waals surface area (Å²) in [6.07, 6.45) is 0.858. The number of benzene rings is 10. The number of fused-ring (bicyclic) bond motifs is 14. The second kappa shape index (κ2) is 14.5. The fourth-order valence-corrected chi connectivity index (χ4v) is 10.9. The molecule has 1 aromatic heterocycles. The molecular weight excluding hydrogens is 779 g/mol. The van der Waals surface area contributed by atoms with E-state index < -0.39 is 5.41 Å². The molecule has 13 rings (SSSR count). The van der Waals surface area contributed by atoms with E-state index in [4.69, 9.17) is 9.15 Å². The van der Waals surface area contributed by atoms with Gasteiger partial charge in [-0.3, -0.25) is 0 Å². The Morgan fingerprint density at radius 1 is 0.438 bits per heavy atom. The molecule has 1 unspecified atom stereocenters. The molecule has 3 heteroatoms. The van der Waals surface area contributed by atoms with Gasteiger partial charge in [0.25, 0.3) is 0 Å². The van der Waals surface area contributed by atoms with E-state index in [0.29, 0.717) is 0 Å². The summed E-state index contributed by atoms with van der Waals surface area (Å²) in [4.78, 5) is 2.37. The Hall–Kier alpha value is -8.14. The number of furan rings is 1. The lowest BCUT2D eigenvalue weighted by molar-refractivity contribution is 0.441. The molecule has 0 amide bonds. The summed E-state index contributed by atoms with van der Waals surface area (Å²) in [6.45, 7) is 0. The summed E-state index contributed by atoms with van der Waals surface area (Å²) in [6, 6.07) is 83.4. The molecule has 0 radical (unpaired) electrons. The fraction of sp³-hybridized carbons (Fsp3) is 0.0492. The second-order valence-corrected chi connectivity index (χ2v) is 17.1. The SMILES string of the molecule is c1ccc(C(Cc2ccc3c(c2)oc2c(N(c4ccccc4)c4ccc5c(c4)C4(c6ccccc6Oc6c4ccc4ccccc64)c4ccccc4-5)cccc23)c2ccccc2)cc1. The molecule has 0 bridgehead atoms. The van der Waals surface area contributed by atoms with Gasteiger partial charge in [-0.1, -0.05) is 188 Å². The van der Waals surface area contributed by atoms with E-state index in [1.165, 1.54) is 38.9 Å². The van der Waals surface area contributed by atoms with Gasteiger partial charge in [-0.2, -0.15) is 0 Å². The number of anilines is 3. The molecule has 2 aliphatic rings. The van der Waals surface area contributed by atoms with Gasteiger partial charge in [0, 0.05) is 44.6 Å². The van der Waals surface area contributed by atoms with Gasteiger partial charge >= 0.3 is 0 Å². The maximum atomic E-state index is 7.07. The molecule has 2 heterocycles. The van der Waals surface area contributed by atoms with Crippen LogP contribution in [0.1, 0.15) is 44.9 Å². The summed E-state index contributed by atoms with van der Waals surface area (Å²) in [5.74, 6) is 2.01. The van der Waals surface area contributed by atoms with Crippen LogP contribution in [0, 0.1) is 0 Å². The van der Waals surface area contributed by atoms with Crippen LogP contribution in [0.2, 0.25) is 0 Å². The van der Waals surface area contributed by atoms with Crippen molar-refractivity contribution in [2.24, 2.45) is 0 Å². The fourth-order valence-electron chi connectivity index (χ4n) is 10.9. The predicted octanol–water partition coefficient (Wildman–Crippen LogP) is 16.1. The van der Waals surface area contributed by atoms with Crippen molar-refractivity contribution in [1.29, 1.82) is 0 Å². The Bertz CT molecular complexity index is 3540. The minimum Gasteiger partial charge on any atom is -0.456 e. The van der Waals surface area contributed by atoms with Gasteiger partial charge in [-0.15, -0.1) is 0 Å². The third kappa shape index (κ3) is 5.47. The normalized spacial score (nSPS) is 14.6. The van der Waals surface area contributed by atoms with E-state index in [2.05, 4.69) is 235 Å². The highest BCUT2D eigenvalue weighted by molar-refractivity contribution is 6.10. The van der Waals surface area contributed by atoms with Crippen molar-refractivity contribution in [1.82, 2.24) is 0 Å². The molecule has 1 aliphatic carbocycles. The highest BCUT2D eigenvalue weighted by Crippen LogP contribution is 2.63. The quantitative estimate of drug-likeness (QED) is 0.160. The first-order chi connectivity index (χ1) is 31.7. The lowest BCUT2D eigenvalue weighted by Gasteiger charge is -2.40. The van der Waals surface area contributed by atoms with Gasteiger partial charge in [0.2, 0.25) is 0 Å². The number of ether oxygens (including phenoxy) is 1. The number of para-hydroxylation sites is 3. The molecule has 10 aromatic carbocycles. The smallest absolute Gasteiger partial charge is 0.159 e. The van der Waals surface area contributed by atoms with E-state index in [1.54, 1.807) is 0 Å². The maximum Gasteiger partial charge on any atom is 0.159 e. The molecule has 0 fully saturated rings. The van der Waals surface area contributed by atoms with Crippen LogP contribution in [-0.2, 0) is 11.8 Å². The van der Waals surface area contributed by atoms with Crippen molar-refractivity contribution in [3.63, 3.8) is 0 Å². The minimum absolute atomic E-state index is 0.219. The summed E-state index contributed by atoms with van der Waals surface area (Å²) >= 11 is 0. The molecule has 64 heavy (non-hydrogen) atoms. The lowest BCUT2D eigenvalue weighted by Crippen LogP contribution is -2.32. The maximum absolute atomic E-state index is 7.07. The molecule has 1 atom stereocenters. The van der Waals surface area contributed by atoms with Crippen LogP contribution < -0.4 is 9.64 Å². The first-order valence-electron chi connectivity index (χ1n) is 22.2. The molecule has 11 aromatic rings. The first-order valence-corrected chi connectivity index (χ1v) is 22.2. The van der Waals surface area contributed by atoms with Crippen LogP contribution in [-0.4, -0.2) is 0 Å². The zero-order valence-electron chi connectivity index (χ0n) is 35.0. The van der Waals surface area contributed by atoms with Crippen molar-refractivity contribution >= 4 is 49.8 Å². The molecule has 0 saturated carbocycles. The monoisotopic (exact) mass is 819 g/mol. The second-order valence-electron chi connectivity index (χ2n) is 17.1. The summed E-state index contributed by atoms with van der Waals surface area (Å²) in [7, 11) is 0. The Balaban J connectivity index is 1.00. The van der Waals surface area contributed by atoms with Crippen molar-refractivity contribution in [3.8, 4) is 22.6 Å². The molecule has 0 saturated heterocycles. The van der Waals surface area contributed by atoms with Crippen molar-refractivity contribution in [2.45, 2.75) is 17.8 Å². The third-order valence-corrected chi connectivity index (χ3v) is 13.7. The van der Waals surface area contributed by atoms with Crippen molar-refractivity contribution in [3.05, 3.63) is 269 Å². The molecule has 0 N–H and O–H groups in total. The Kier molecular flexibility index (Phi) is 8.26. The van der Waals surface area contributed by atoms with E-state index in [0.717, 1.165) is 78.8 Å². The number of rotatable bonds is 7. The van der Waals surface area contributed by atoms with Gasteiger partial charge in [0.1, 0.15) is 17.1 Å². The van der Waals surface area contributed by atoms with Crippen molar-refractivity contribution in [2.75, 3.05) is 4.90 Å². The van der Waals surface area contributed by atoms with Gasteiger partial charge < -0.3 is 14.1 Å². The van der Waals surface area contributed by atoms with Crippen LogP contribution >= 0.6 is 0 Å². The van der Waals surface area contributed by atoms with Gasteiger partial charge in [-0.25, -0.2) is 0 Å². The Morgan fingerprint density at radius 3 is 1.92 bits per heavy atom. The number of nitrogens with zero attached hydrogens (tertiary/aromatic N) is 1. The zero-order valence-corrected chi connectivity index (χ0v) is 35.0. The van der Waals surface area contributed by atoms with E-state index >= 15 is 0 Å². The topological polar surface area (TPSA) is 25.6 Å². The van der Waals surface area contributed by atoms with Crippen LogP contribution in [0.4, 0.5) is 17.1 Å². The standard InChI is InChI=1S/C61H41NO2/c1-4-17-41(18-5-1)51(42-19-6-2-7-20-42)37-40-31-34-49-50-26-16-29-56(60(50)64-58(49)38-40)62(44-22-8-3-9-23-44)45-33-35-48-47-25-12-13-27-52(47)61(55(48)39-45)53-28-14-15-30-57(53)63-59-46-24-11-10-21-43(46)32-36-54(59)61/h1-36,38-39,51H,37H2. The molecule has 1 aliphatic heterocycles. The van der Waals surface area contributed by atoms with Crippen LogP contribution in [0.15, 0.2) is 235 Å². The third-order valence-electron chi connectivity index (χ3n) is 13.7. The number of hydrogen-bond donors (Lipinski definition) is 0. The van der Waals surface area contributed by atoms with E-state index in [9.17, 15) is 0 Å². The summed E-state index contributed by atoms with van der Waals surface area (Å²) < 4.78 is 14.0. The molecule has 3 nitrogen and oxygen atoms in total. The minimum atomic E-state index is -0.627. The van der Waals surface area contributed by atoms with E-state index in [1.807, 2.05) is 0 Å². The average Bonchev–Trinajstić information content (AvgIpc) is 3.88. The Labute approximate surface area is 372 Å². The molecule has 1 spiro atoms. The van der Waals surface area contributed by atoms with Gasteiger partial charge in [0.15, 0.2) is 5.58 Å². The van der Waals surface area contributed by atoms with Crippen LogP contribution in [0.25, 0.3) is 43.8 Å². The lowest BCUT2D eigenvalue weighted by atomic mass is 9.65. The van der Waals surface area contributed by atoms with Crippen molar-refractivity contribution < 1.29 is 9.15 Å². The van der Waals surface area contributed by atoms with Gasteiger partial charge in [-0.05, 0) is 93.2 Å². The highest BCUT2D eigenvalue weighted by atomic mass is 16.5. The zero-order chi connectivity index (χ0) is 42.2. The predicted molar refractivity (Wildman–Crippen MR) is 262 cm³/mol. The summed E-state index contributed by atoms with van der Waals surface area (Å²) in [5, 5.41) is 4.46. The summed E-state index contributed by atoms with van der Waals surface area (Å²) in [5.41, 5.74) is 15.3. The first kappa shape index (κ1) is 36.5. The molecule has 302 valence electrons. The van der Waals surface area contributed by atoms with E-state index in [-0.39, 0.29) is 5.92 Å². The number of hydrogen-bond acceptors (Lipinski definition) is 3. The Morgan fingerprint density at radius 2 is 1.11 bits per heavy atom. The largest absolute Gasteiger partial charge is 0.456 e. The highest BCUT2D eigenvalue weighted by Gasteiger charge is 2.51. The van der Waals surface area contributed by atoms with Crippen LogP contribution in [0.3, 0.4) is 0 Å². The van der Waals surface area contributed by atoms with Gasteiger partial charge in [0.05, 0.1) is 11.1 Å². The van der Waals surface area contributed by atoms with Crippen LogP contribution in [0.5, 0.6) is 11.5 Å². The average molecular weight is 820 g/mol. The molecular formula is C61H41NO2.